The highest BCUT2D eigenvalue weighted by Crippen LogP contribution is 2.20. The SMILES string of the molecule is CC(C)CCC1CCCN1.CC(C)CCC1CCCN1C. The van der Waals surface area contributed by atoms with Crippen LogP contribution < -0.4 is 5.32 Å². The van der Waals surface area contributed by atoms with Gasteiger partial charge in [0, 0.05) is 12.1 Å². The van der Waals surface area contributed by atoms with E-state index < -0.39 is 0 Å². The molecule has 2 heterocycles. The predicted molar refractivity (Wildman–Crippen MR) is 94.8 cm³/mol. The van der Waals surface area contributed by atoms with E-state index in [-0.39, 0.29) is 0 Å². The van der Waals surface area contributed by atoms with Crippen molar-refractivity contribution in [2.45, 2.75) is 91.1 Å². The summed E-state index contributed by atoms with van der Waals surface area (Å²) in [6.07, 6.45) is 11.2. The van der Waals surface area contributed by atoms with E-state index in [2.05, 4.69) is 45.0 Å². The Morgan fingerprint density at radius 3 is 2.10 bits per heavy atom. The van der Waals surface area contributed by atoms with Crippen molar-refractivity contribution in [1.29, 1.82) is 0 Å². The van der Waals surface area contributed by atoms with Crippen molar-refractivity contribution in [1.82, 2.24) is 10.2 Å². The molecule has 2 aliphatic rings. The summed E-state index contributed by atoms with van der Waals surface area (Å²) >= 11 is 0. The molecule has 0 amide bonds. The molecule has 0 aromatic heterocycles. The van der Waals surface area contributed by atoms with Crippen molar-refractivity contribution in [3.05, 3.63) is 0 Å². The molecule has 2 unspecified atom stereocenters. The molecule has 0 radical (unpaired) electrons. The van der Waals surface area contributed by atoms with Gasteiger partial charge in [-0.2, -0.15) is 0 Å². The first-order chi connectivity index (χ1) is 9.99. The molecule has 0 saturated carbocycles. The predicted octanol–water partition coefficient (Wildman–Crippen LogP) is 4.69. The molecular weight excluding hydrogens is 256 g/mol. The zero-order chi connectivity index (χ0) is 15.7. The highest BCUT2D eigenvalue weighted by Gasteiger charge is 2.20. The van der Waals surface area contributed by atoms with Crippen LogP contribution in [-0.2, 0) is 0 Å². The van der Waals surface area contributed by atoms with Crippen LogP contribution in [0.5, 0.6) is 0 Å². The molecule has 2 aliphatic heterocycles. The van der Waals surface area contributed by atoms with E-state index in [0.29, 0.717) is 0 Å². The highest BCUT2D eigenvalue weighted by molar-refractivity contribution is 4.76. The van der Waals surface area contributed by atoms with Crippen LogP contribution in [0.1, 0.15) is 79.1 Å². The summed E-state index contributed by atoms with van der Waals surface area (Å²) in [4.78, 5) is 2.52. The van der Waals surface area contributed by atoms with Crippen molar-refractivity contribution in [2.75, 3.05) is 20.1 Å². The molecule has 0 aliphatic carbocycles. The fourth-order valence-corrected chi connectivity index (χ4v) is 3.41. The van der Waals surface area contributed by atoms with Crippen LogP contribution in [-0.4, -0.2) is 37.1 Å². The van der Waals surface area contributed by atoms with Crippen molar-refractivity contribution in [3.63, 3.8) is 0 Å². The quantitative estimate of drug-likeness (QED) is 0.765. The smallest absolute Gasteiger partial charge is 0.00927 e. The minimum absolute atomic E-state index is 0.849. The summed E-state index contributed by atoms with van der Waals surface area (Å²) in [7, 11) is 2.26. The van der Waals surface area contributed by atoms with Gasteiger partial charge in [-0.15, -0.1) is 0 Å². The number of hydrogen-bond acceptors (Lipinski definition) is 2. The Morgan fingerprint density at radius 2 is 1.62 bits per heavy atom. The van der Waals surface area contributed by atoms with Crippen molar-refractivity contribution in [3.8, 4) is 0 Å². The number of nitrogens with zero attached hydrogens (tertiary/aromatic N) is 1. The number of likely N-dealkylation sites (tertiary alicyclic amines) is 1. The van der Waals surface area contributed by atoms with Gasteiger partial charge >= 0.3 is 0 Å². The lowest BCUT2D eigenvalue weighted by Gasteiger charge is -2.19. The monoisotopic (exact) mass is 296 g/mol. The second-order valence-electron chi connectivity index (χ2n) is 8.01. The first kappa shape index (κ1) is 19.0. The highest BCUT2D eigenvalue weighted by atomic mass is 15.1. The molecule has 0 aromatic carbocycles. The Bertz CT molecular complexity index is 244. The van der Waals surface area contributed by atoms with Gasteiger partial charge in [-0.25, -0.2) is 0 Å². The van der Waals surface area contributed by atoms with Gasteiger partial charge in [0.15, 0.2) is 0 Å². The number of hydrogen-bond donors (Lipinski definition) is 1. The van der Waals surface area contributed by atoms with Crippen molar-refractivity contribution >= 4 is 0 Å². The van der Waals surface area contributed by atoms with Gasteiger partial charge < -0.3 is 10.2 Å². The zero-order valence-corrected chi connectivity index (χ0v) is 15.3. The van der Waals surface area contributed by atoms with Gasteiger partial charge in [-0.05, 0) is 83.3 Å². The average molecular weight is 297 g/mol. The molecule has 2 atom stereocenters. The third kappa shape index (κ3) is 8.83. The third-order valence-electron chi connectivity index (χ3n) is 5.00. The molecule has 2 fully saturated rings. The lowest BCUT2D eigenvalue weighted by molar-refractivity contribution is 0.282. The Kier molecular flexibility index (Phi) is 9.59. The summed E-state index contributed by atoms with van der Waals surface area (Å²) in [5, 5.41) is 3.51. The largest absolute Gasteiger partial charge is 0.314 e. The van der Waals surface area contributed by atoms with E-state index in [1.807, 2.05) is 0 Å². The van der Waals surface area contributed by atoms with Crippen LogP contribution in [0, 0.1) is 11.8 Å². The van der Waals surface area contributed by atoms with Crippen LogP contribution >= 0.6 is 0 Å². The van der Waals surface area contributed by atoms with E-state index in [9.17, 15) is 0 Å². The van der Waals surface area contributed by atoms with E-state index in [1.165, 1.54) is 64.5 Å². The lowest BCUT2D eigenvalue weighted by Crippen LogP contribution is -2.24. The van der Waals surface area contributed by atoms with E-state index in [4.69, 9.17) is 0 Å². The van der Waals surface area contributed by atoms with Crippen LogP contribution in [0.15, 0.2) is 0 Å². The molecule has 21 heavy (non-hydrogen) atoms. The maximum Gasteiger partial charge on any atom is 0.00927 e. The summed E-state index contributed by atoms with van der Waals surface area (Å²) in [6, 6.07) is 1.75. The number of nitrogens with one attached hydrogen (secondary N) is 1. The normalized spacial score (nSPS) is 26.4. The van der Waals surface area contributed by atoms with Crippen LogP contribution in [0.4, 0.5) is 0 Å². The Balaban J connectivity index is 0.000000211. The molecule has 2 nitrogen and oxygen atoms in total. The Morgan fingerprint density at radius 1 is 0.952 bits per heavy atom. The molecule has 2 saturated heterocycles. The zero-order valence-electron chi connectivity index (χ0n) is 15.3. The maximum atomic E-state index is 3.51. The van der Waals surface area contributed by atoms with Gasteiger partial charge in [0.05, 0.1) is 0 Å². The van der Waals surface area contributed by atoms with Crippen molar-refractivity contribution < 1.29 is 0 Å². The number of rotatable bonds is 6. The molecule has 2 rings (SSSR count). The standard InChI is InChI=1S/C10H21N.C9H19N/c1-9(2)6-7-10-5-4-8-11(10)3;1-8(2)5-6-9-4-3-7-10-9/h9-10H,4-8H2,1-3H3;8-10H,3-7H2,1-2H3. The Labute approximate surface area is 134 Å². The summed E-state index contributed by atoms with van der Waals surface area (Å²) in [5.41, 5.74) is 0. The molecule has 1 N–H and O–H groups in total. The van der Waals surface area contributed by atoms with Crippen LogP contribution in [0.3, 0.4) is 0 Å². The second kappa shape index (κ2) is 10.6. The summed E-state index contributed by atoms with van der Waals surface area (Å²) in [6.45, 7) is 11.8. The van der Waals surface area contributed by atoms with Gasteiger partial charge in [-0.1, -0.05) is 27.7 Å². The molecule has 0 aromatic rings. The first-order valence-corrected chi connectivity index (χ1v) is 9.42. The maximum absolute atomic E-state index is 3.51. The molecule has 126 valence electrons. The molecular formula is C19H40N2. The van der Waals surface area contributed by atoms with Gasteiger partial charge in [0.25, 0.3) is 0 Å². The topological polar surface area (TPSA) is 15.3 Å². The van der Waals surface area contributed by atoms with Crippen molar-refractivity contribution in [2.24, 2.45) is 11.8 Å². The molecule has 0 bridgehead atoms. The fraction of sp³-hybridized carbons (Fsp3) is 1.00. The minimum Gasteiger partial charge on any atom is -0.314 e. The fourth-order valence-electron chi connectivity index (χ4n) is 3.41. The van der Waals surface area contributed by atoms with E-state index >= 15 is 0 Å². The van der Waals surface area contributed by atoms with E-state index in [0.717, 1.165) is 23.9 Å². The second-order valence-corrected chi connectivity index (χ2v) is 8.01. The third-order valence-corrected chi connectivity index (χ3v) is 5.00. The molecule has 2 heteroatoms. The van der Waals surface area contributed by atoms with Gasteiger partial charge in [0.2, 0.25) is 0 Å². The summed E-state index contributed by atoms with van der Waals surface area (Å²) in [5.74, 6) is 1.76. The summed E-state index contributed by atoms with van der Waals surface area (Å²) < 4.78 is 0. The minimum atomic E-state index is 0.849. The van der Waals surface area contributed by atoms with E-state index in [1.54, 1.807) is 0 Å². The van der Waals surface area contributed by atoms with Gasteiger partial charge in [0.1, 0.15) is 0 Å². The first-order valence-electron chi connectivity index (χ1n) is 9.42. The van der Waals surface area contributed by atoms with Crippen LogP contribution in [0.25, 0.3) is 0 Å². The Hall–Kier alpha value is -0.0800. The lowest BCUT2D eigenvalue weighted by atomic mass is 10.0. The average Bonchev–Trinajstić information content (AvgIpc) is 3.06. The molecule has 0 spiro atoms. The van der Waals surface area contributed by atoms with Crippen LogP contribution in [0.2, 0.25) is 0 Å². The van der Waals surface area contributed by atoms with Gasteiger partial charge in [-0.3, -0.25) is 0 Å².